The van der Waals surface area contributed by atoms with Gasteiger partial charge in [0.15, 0.2) is 0 Å². The summed E-state index contributed by atoms with van der Waals surface area (Å²) >= 11 is 6.07. The molecule has 0 heterocycles. The van der Waals surface area contributed by atoms with E-state index in [1.807, 2.05) is 13.1 Å². The lowest BCUT2D eigenvalue weighted by Crippen LogP contribution is -2.27. The molecule has 0 spiro atoms. The van der Waals surface area contributed by atoms with Crippen LogP contribution in [-0.2, 0) is 6.42 Å². The smallest absolute Gasteiger partial charge is 0.0409 e. The maximum atomic E-state index is 6.07. The molecule has 0 aliphatic heterocycles. The molecule has 0 fully saturated rings. The van der Waals surface area contributed by atoms with Crippen molar-refractivity contribution < 1.29 is 0 Å². The van der Waals surface area contributed by atoms with E-state index in [0.29, 0.717) is 5.92 Å². The van der Waals surface area contributed by atoms with Crippen molar-refractivity contribution in [1.29, 1.82) is 0 Å². The molecule has 15 heavy (non-hydrogen) atoms. The van der Waals surface area contributed by atoms with Crippen molar-refractivity contribution in [3.8, 4) is 0 Å². The number of rotatable bonds is 2. The molecule has 0 aromatic heterocycles. The van der Waals surface area contributed by atoms with Crippen LogP contribution in [0, 0.1) is 5.92 Å². The number of fused-ring (bicyclic) bond motifs is 1. The van der Waals surface area contributed by atoms with E-state index in [0.717, 1.165) is 17.5 Å². The van der Waals surface area contributed by atoms with Gasteiger partial charge in [-0.15, -0.1) is 0 Å². The largest absolute Gasteiger partial charge is 0.319 e. The molecular weight excluding hydrogens is 206 g/mol. The highest BCUT2D eigenvalue weighted by molar-refractivity contribution is 6.30. The van der Waals surface area contributed by atoms with Crippen LogP contribution in [0.4, 0.5) is 0 Å². The second-order valence-corrected chi connectivity index (χ2v) is 4.96. The molecule has 2 unspecified atom stereocenters. The van der Waals surface area contributed by atoms with Crippen molar-refractivity contribution >= 4 is 11.6 Å². The van der Waals surface area contributed by atoms with Crippen LogP contribution in [0.25, 0.3) is 0 Å². The first-order valence-electron chi connectivity index (χ1n) is 5.65. The topological polar surface area (TPSA) is 12.0 Å². The van der Waals surface area contributed by atoms with Gasteiger partial charge < -0.3 is 5.32 Å². The molecule has 2 rings (SSSR count). The molecule has 2 atom stereocenters. The SMILES string of the molecule is CNCC1c2cc(Cl)ccc2CCC1C. The summed E-state index contributed by atoms with van der Waals surface area (Å²) in [7, 11) is 2.02. The molecule has 0 amide bonds. The average Bonchev–Trinajstić information content (AvgIpc) is 2.23. The Morgan fingerprint density at radius 1 is 1.47 bits per heavy atom. The van der Waals surface area contributed by atoms with E-state index in [2.05, 4.69) is 24.4 Å². The Bertz CT molecular complexity index is 348. The lowest BCUT2D eigenvalue weighted by Gasteiger charge is -2.31. The van der Waals surface area contributed by atoms with Crippen LogP contribution in [0.1, 0.15) is 30.4 Å². The predicted octanol–water partition coefficient (Wildman–Crippen LogP) is 3.23. The second-order valence-electron chi connectivity index (χ2n) is 4.52. The van der Waals surface area contributed by atoms with Crippen molar-refractivity contribution in [3.05, 3.63) is 34.3 Å². The summed E-state index contributed by atoms with van der Waals surface area (Å²) in [5.41, 5.74) is 2.94. The lowest BCUT2D eigenvalue weighted by atomic mass is 9.76. The van der Waals surface area contributed by atoms with Crippen LogP contribution in [0.15, 0.2) is 18.2 Å². The van der Waals surface area contributed by atoms with Gasteiger partial charge >= 0.3 is 0 Å². The molecule has 0 bridgehead atoms. The first kappa shape index (κ1) is 11.0. The fourth-order valence-corrected chi connectivity index (χ4v) is 2.74. The van der Waals surface area contributed by atoms with Crippen LogP contribution in [-0.4, -0.2) is 13.6 Å². The highest BCUT2D eigenvalue weighted by Crippen LogP contribution is 2.36. The quantitative estimate of drug-likeness (QED) is 0.812. The van der Waals surface area contributed by atoms with Crippen molar-refractivity contribution in [2.75, 3.05) is 13.6 Å². The molecule has 0 saturated carbocycles. The Morgan fingerprint density at radius 3 is 3.00 bits per heavy atom. The van der Waals surface area contributed by atoms with E-state index in [1.165, 1.54) is 24.0 Å². The van der Waals surface area contributed by atoms with Crippen molar-refractivity contribution in [1.82, 2.24) is 5.32 Å². The van der Waals surface area contributed by atoms with E-state index < -0.39 is 0 Å². The third-order valence-electron chi connectivity index (χ3n) is 3.49. The van der Waals surface area contributed by atoms with E-state index in [-0.39, 0.29) is 0 Å². The number of halogens is 1. The normalized spacial score (nSPS) is 25.0. The monoisotopic (exact) mass is 223 g/mol. The Kier molecular flexibility index (Phi) is 3.32. The molecule has 1 aromatic carbocycles. The lowest BCUT2D eigenvalue weighted by molar-refractivity contribution is 0.393. The predicted molar refractivity (Wildman–Crippen MR) is 65.6 cm³/mol. The van der Waals surface area contributed by atoms with Gasteiger partial charge in [-0.3, -0.25) is 0 Å². The Morgan fingerprint density at radius 2 is 2.27 bits per heavy atom. The van der Waals surface area contributed by atoms with Gasteiger partial charge in [0.25, 0.3) is 0 Å². The standard InChI is InChI=1S/C13H18ClN/c1-9-3-4-10-5-6-11(14)7-12(10)13(9)8-15-2/h5-7,9,13,15H,3-4,8H2,1-2H3. The van der Waals surface area contributed by atoms with E-state index >= 15 is 0 Å². The highest BCUT2D eigenvalue weighted by Gasteiger charge is 2.25. The molecule has 0 radical (unpaired) electrons. The van der Waals surface area contributed by atoms with Gasteiger partial charge in [-0.2, -0.15) is 0 Å². The molecular formula is C13H18ClN. The van der Waals surface area contributed by atoms with Gasteiger partial charge in [-0.05, 0) is 55.0 Å². The molecule has 82 valence electrons. The molecule has 1 aromatic rings. The van der Waals surface area contributed by atoms with Crippen LogP contribution in [0.2, 0.25) is 5.02 Å². The van der Waals surface area contributed by atoms with E-state index in [9.17, 15) is 0 Å². The minimum Gasteiger partial charge on any atom is -0.319 e. The first-order chi connectivity index (χ1) is 7.22. The van der Waals surface area contributed by atoms with Gasteiger partial charge in [0, 0.05) is 11.6 Å². The molecule has 1 nitrogen and oxygen atoms in total. The molecule has 0 saturated heterocycles. The molecule has 2 heteroatoms. The van der Waals surface area contributed by atoms with Crippen LogP contribution in [0.5, 0.6) is 0 Å². The first-order valence-corrected chi connectivity index (χ1v) is 6.03. The Hall–Kier alpha value is -0.530. The summed E-state index contributed by atoms with van der Waals surface area (Å²) in [4.78, 5) is 0. The zero-order valence-corrected chi connectivity index (χ0v) is 10.1. The van der Waals surface area contributed by atoms with Gasteiger partial charge in [-0.1, -0.05) is 24.6 Å². The number of benzene rings is 1. The second kappa shape index (κ2) is 4.54. The Labute approximate surface area is 96.8 Å². The average molecular weight is 224 g/mol. The van der Waals surface area contributed by atoms with Gasteiger partial charge in [0.05, 0.1) is 0 Å². The van der Waals surface area contributed by atoms with E-state index in [4.69, 9.17) is 11.6 Å². The zero-order chi connectivity index (χ0) is 10.8. The van der Waals surface area contributed by atoms with Crippen molar-refractivity contribution in [2.45, 2.75) is 25.7 Å². The minimum atomic E-state index is 0.623. The number of hydrogen-bond acceptors (Lipinski definition) is 1. The molecule has 1 aliphatic rings. The van der Waals surface area contributed by atoms with Crippen LogP contribution in [0.3, 0.4) is 0 Å². The fourth-order valence-electron chi connectivity index (χ4n) is 2.56. The minimum absolute atomic E-state index is 0.623. The van der Waals surface area contributed by atoms with E-state index in [1.54, 1.807) is 0 Å². The summed E-state index contributed by atoms with van der Waals surface area (Å²) in [6, 6.07) is 6.34. The summed E-state index contributed by atoms with van der Waals surface area (Å²) in [6.45, 7) is 3.39. The van der Waals surface area contributed by atoms with Crippen molar-refractivity contribution in [3.63, 3.8) is 0 Å². The third kappa shape index (κ3) is 2.19. The summed E-state index contributed by atoms with van der Waals surface area (Å²) < 4.78 is 0. The number of nitrogens with one attached hydrogen (secondary N) is 1. The van der Waals surface area contributed by atoms with Gasteiger partial charge in [0.1, 0.15) is 0 Å². The highest BCUT2D eigenvalue weighted by atomic mass is 35.5. The Balaban J connectivity index is 2.36. The fraction of sp³-hybridized carbons (Fsp3) is 0.538. The van der Waals surface area contributed by atoms with Gasteiger partial charge in [-0.25, -0.2) is 0 Å². The molecule has 1 N–H and O–H groups in total. The van der Waals surface area contributed by atoms with Crippen LogP contribution < -0.4 is 5.32 Å². The van der Waals surface area contributed by atoms with Crippen LogP contribution >= 0.6 is 11.6 Å². The third-order valence-corrected chi connectivity index (χ3v) is 3.72. The maximum absolute atomic E-state index is 6.07. The van der Waals surface area contributed by atoms with Crippen molar-refractivity contribution in [2.24, 2.45) is 5.92 Å². The number of likely N-dealkylation sites (N-methyl/N-ethyl adjacent to an activating group) is 1. The molecule has 1 aliphatic carbocycles. The summed E-state index contributed by atoms with van der Waals surface area (Å²) in [5.74, 6) is 1.38. The van der Waals surface area contributed by atoms with Gasteiger partial charge in [0.2, 0.25) is 0 Å². The number of aryl methyl sites for hydroxylation is 1. The summed E-state index contributed by atoms with van der Waals surface area (Å²) in [5, 5.41) is 4.15. The maximum Gasteiger partial charge on any atom is 0.0409 e. The zero-order valence-electron chi connectivity index (χ0n) is 9.39. The summed E-state index contributed by atoms with van der Waals surface area (Å²) in [6.07, 6.45) is 2.49. The number of hydrogen-bond donors (Lipinski definition) is 1.